The molecule has 2 fully saturated rings. The van der Waals surface area contributed by atoms with Gasteiger partial charge in [-0.15, -0.1) is 0 Å². The van der Waals surface area contributed by atoms with E-state index in [0.29, 0.717) is 12.6 Å². The van der Waals surface area contributed by atoms with Crippen molar-refractivity contribution in [1.82, 2.24) is 15.5 Å². The number of piperidine rings is 1. The molecule has 2 unspecified atom stereocenters. The number of nitrogens with one attached hydrogen (secondary N) is 2. The summed E-state index contributed by atoms with van der Waals surface area (Å²) in [6.07, 6.45) is 5.65. The van der Waals surface area contributed by atoms with Gasteiger partial charge < -0.3 is 10.2 Å². The Hall–Kier alpha value is -1.10. The average Bonchev–Trinajstić information content (AvgIpc) is 2.40. The number of carbonyl (C=O) groups is 2. The number of nitrogens with zero attached hydrogens (tertiary/aromatic N) is 1. The van der Waals surface area contributed by atoms with E-state index in [9.17, 15) is 9.59 Å². The Morgan fingerprint density at radius 1 is 1.44 bits per heavy atom. The third-order valence-electron chi connectivity index (χ3n) is 3.84. The first-order valence-corrected chi connectivity index (χ1v) is 7.03. The molecule has 5 nitrogen and oxygen atoms in total. The van der Waals surface area contributed by atoms with Gasteiger partial charge in [0.25, 0.3) is 0 Å². The van der Waals surface area contributed by atoms with Crippen LogP contribution in [0.5, 0.6) is 0 Å². The van der Waals surface area contributed by atoms with E-state index in [4.69, 9.17) is 0 Å². The van der Waals surface area contributed by atoms with E-state index >= 15 is 0 Å². The van der Waals surface area contributed by atoms with E-state index in [0.717, 1.165) is 32.2 Å². The highest BCUT2D eigenvalue weighted by Gasteiger charge is 2.32. The summed E-state index contributed by atoms with van der Waals surface area (Å²) in [4.78, 5) is 25.6. The standard InChI is InChI=1S/C13H23N3O2/c1-2-5-10-6-3-4-7-16(10)13(18)11-8-15-12(17)9-14-11/h10-11,14H,2-9H2,1H3,(H,15,17). The molecule has 0 saturated carbocycles. The maximum Gasteiger partial charge on any atom is 0.241 e. The Kier molecular flexibility index (Phi) is 4.58. The fraction of sp³-hybridized carbons (Fsp3) is 0.846. The van der Waals surface area contributed by atoms with Gasteiger partial charge >= 0.3 is 0 Å². The van der Waals surface area contributed by atoms with Crippen LogP contribution < -0.4 is 10.6 Å². The van der Waals surface area contributed by atoms with Gasteiger partial charge in [0.05, 0.1) is 6.54 Å². The summed E-state index contributed by atoms with van der Waals surface area (Å²) >= 11 is 0. The molecule has 0 aliphatic carbocycles. The number of hydrogen-bond donors (Lipinski definition) is 2. The molecule has 2 aliphatic rings. The lowest BCUT2D eigenvalue weighted by Gasteiger charge is -2.38. The molecular weight excluding hydrogens is 230 g/mol. The van der Waals surface area contributed by atoms with Crippen molar-refractivity contribution in [3.63, 3.8) is 0 Å². The van der Waals surface area contributed by atoms with Crippen LogP contribution in [-0.2, 0) is 9.59 Å². The zero-order valence-electron chi connectivity index (χ0n) is 11.1. The second-order valence-electron chi connectivity index (χ2n) is 5.21. The van der Waals surface area contributed by atoms with Crippen LogP contribution in [0.1, 0.15) is 39.0 Å². The van der Waals surface area contributed by atoms with Crippen LogP contribution in [0.15, 0.2) is 0 Å². The fourth-order valence-corrected chi connectivity index (χ4v) is 2.87. The summed E-state index contributed by atoms with van der Waals surface area (Å²) in [7, 11) is 0. The molecule has 0 bridgehead atoms. The Labute approximate surface area is 108 Å². The van der Waals surface area contributed by atoms with Crippen molar-refractivity contribution >= 4 is 11.8 Å². The fourth-order valence-electron chi connectivity index (χ4n) is 2.87. The summed E-state index contributed by atoms with van der Waals surface area (Å²) in [5.74, 6) is 0.135. The van der Waals surface area contributed by atoms with Gasteiger partial charge in [-0.2, -0.15) is 0 Å². The van der Waals surface area contributed by atoms with Gasteiger partial charge in [-0.1, -0.05) is 13.3 Å². The van der Waals surface area contributed by atoms with Gasteiger partial charge in [0.1, 0.15) is 6.04 Å². The minimum absolute atomic E-state index is 0.0252. The van der Waals surface area contributed by atoms with Crippen LogP contribution in [0.3, 0.4) is 0 Å². The summed E-state index contributed by atoms with van der Waals surface area (Å²) < 4.78 is 0. The Morgan fingerprint density at radius 3 is 2.94 bits per heavy atom. The third kappa shape index (κ3) is 3.02. The SMILES string of the molecule is CCCC1CCCCN1C(=O)C1CNC(=O)CN1. The Bertz CT molecular complexity index is 307. The second-order valence-corrected chi connectivity index (χ2v) is 5.21. The molecule has 2 N–H and O–H groups in total. The van der Waals surface area contributed by atoms with E-state index < -0.39 is 0 Å². The van der Waals surface area contributed by atoms with E-state index in [-0.39, 0.29) is 24.4 Å². The van der Waals surface area contributed by atoms with Crippen molar-refractivity contribution in [2.24, 2.45) is 0 Å². The summed E-state index contributed by atoms with van der Waals surface area (Å²) in [5, 5.41) is 5.78. The van der Waals surface area contributed by atoms with Gasteiger partial charge in [-0.3, -0.25) is 14.9 Å². The first-order valence-electron chi connectivity index (χ1n) is 7.03. The minimum atomic E-state index is -0.236. The normalized spacial score (nSPS) is 28.9. The molecule has 2 atom stereocenters. The van der Waals surface area contributed by atoms with Gasteiger partial charge in [-0.25, -0.2) is 0 Å². The Morgan fingerprint density at radius 2 is 2.28 bits per heavy atom. The number of carbonyl (C=O) groups excluding carboxylic acids is 2. The van der Waals surface area contributed by atoms with Crippen molar-refractivity contribution in [1.29, 1.82) is 0 Å². The molecule has 5 heteroatoms. The first-order chi connectivity index (χ1) is 8.72. The zero-order valence-corrected chi connectivity index (χ0v) is 11.1. The molecule has 2 heterocycles. The molecule has 2 amide bonds. The number of hydrogen-bond acceptors (Lipinski definition) is 3. The molecule has 0 aromatic carbocycles. The monoisotopic (exact) mass is 253 g/mol. The lowest BCUT2D eigenvalue weighted by atomic mass is 9.97. The quantitative estimate of drug-likeness (QED) is 0.758. The van der Waals surface area contributed by atoms with Crippen LogP contribution >= 0.6 is 0 Å². The largest absolute Gasteiger partial charge is 0.353 e. The number of amides is 2. The van der Waals surface area contributed by atoms with Crippen molar-refractivity contribution in [3.8, 4) is 0 Å². The van der Waals surface area contributed by atoms with Gasteiger partial charge in [0.15, 0.2) is 0 Å². The zero-order chi connectivity index (χ0) is 13.0. The molecule has 0 aromatic rings. The highest BCUT2D eigenvalue weighted by molar-refractivity contribution is 5.87. The van der Waals surface area contributed by atoms with Gasteiger partial charge in [0.2, 0.25) is 11.8 Å². The van der Waals surface area contributed by atoms with Gasteiger partial charge in [-0.05, 0) is 25.7 Å². The number of rotatable bonds is 3. The predicted octanol–water partition coefficient (Wildman–Crippen LogP) is 0.256. The van der Waals surface area contributed by atoms with Gasteiger partial charge in [0, 0.05) is 19.1 Å². The molecule has 0 aromatic heterocycles. The molecule has 0 radical (unpaired) electrons. The second kappa shape index (κ2) is 6.18. The number of likely N-dealkylation sites (tertiary alicyclic amines) is 1. The molecule has 18 heavy (non-hydrogen) atoms. The van der Waals surface area contributed by atoms with E-state index in [1.165, 1.54) is 6.42 Å². The average molecular weight is 253 g/mol. The number of piperazine rings is 1. The molecule has 102 valence electrons. The first kappa shape index (κ1) is 13.3. The highest BCUT2D eigenvalue weighted by atomic mass is 16.2. The molecule has 2 aliphatic heterocycles. The van der Waals surface area contributed by atoms with Crippen molar-refractivity contribution < 1.29 is 9.59 Å². The van der Waals surface area contributed by atoms with Crippen molar-refractivity contribution in [2.75, 3.05) is 19.6 Å². The van der Waals surface area contributed by atoms with Crippen molar-refractivity contribution in [2.45, 2.75) is 51.1 Å². The van der Waals surface area contributed by atoms with Crippen molar-refractivity contribution in [3.05, 3.63) is 0 Å². The molecule has 0 spiro atoms. The predicted molar refractivity (Wildman–Crippen MR) is 69.1 cm³/mol. The summed E-state index contributed by atoms with van der Waals surface area (Å²) in [6, 6.07) is 0.163. The Balaban J connectivity index is 1.95. The van der Waals surface area contributed by atoms with Crippen LogP contribution in [0.4, 0.5) is 0 Å². The molecular formula is C13H23N3O2. The van der Waals surface area contributed by atoms with Crippen LogP contribution in [0, 0.1) is 0 Å². The summed E-state index contributed by atoms with van der Waals surface area (Å²) in [5.41, 5.74) is 0. The highest BCUT2D eigenvalue weighted by Crippen LogP contribution is 2.21. The molecule has 2 saturated heterocycles. The maximum atomic E-state index is 12.5. The van der Waals surface area contributed by atoms with Crippen LogP contribution in [0.25, 0.3) is 0 Å². The lowest BCUT2D eigenvalue weighted by Crippen LogP contribution is -2.60. The van der Waals surface area contributed by atoms with Crippen LogP contribution in [-0.4, -0.2) is 48.4 Å². The van der Waals surface area contributed by atoms with E-state index in [2.05, 4.69) is 17.6 Å². The molecule has 2 rings (SSSR count). The maximum absolute atomic E-state index is 12.5. The summed E-state index contributed by atoms with van der Waals surface area (Å²) in [6.45, 7) is 3.71. The smallest absolute Gasteiger partial charge is 0.241 e. The van der Waals surface area contributed by atoms with Crippen LogP contribution in [0.2, 0.25) is 0 Å². The topological polar surface area (TPSA) is 61.4 Å². The van der Waals surface area contributed by atoms with E-state index in [1.807, 2.05) is 4.90 Å². The lowest BCUT2D eigenvalue weighted by molar-refractivity contribution is -0.138. The van der Waals surface area contributed by atoms with E-state index in [1.54, 1.807) is 0 Å². The minimum Gasteiger partial charge on any atom is -0.353 e. The third-order valence-corrected chi connectivity index (χ3v) is 3.84.